The molecule has 9 heteroatoms. The summed E-state index contributed by atoms with van der Waals surface area (Å²) in [5, 5.41) is 2.38. The molecule has 1 aliphatic rings. The van der Waals surface area contributed by atoms with E-state index in [1.165, 1.54) is 0 Å². The first kappa shape index (κ1) is 20.5. The molecule has 1 fully saturated rings. The van der Waals surface area contributed by atoms with E-state index >= 15 is 0 Å². The second-order valence-electron chi connectivity index (χ2n) is 6.19. The van der Waals surface area contributed by atoms with Crippen LogP contribution in [-0.4, -0.2) is 38.1 Å². The molecule has 1 aromatic rings. The molecule has 5 nitrogen and oxygen atoms in total. The molecular weight excluding hydrogens is 373 g/mol. The predicted octanol–water partition coefficient (Wildman–Crippen LogP) is 2.16. The third kappa shape index (κ3) is 5.60. The van der Waals surface area contributed by atoms with Crippen LogP contribution in [0.3, 0.4) is 0 Å². The fourth-order valence-corrected chi connectivity index (χ4v) is 3.14. The Labute approximate surface area is 154 Å². The van der Waals surface area contributed by atoms with Crippen molar-refractivity contribution < 1.29 is 32.4 Å². The number of hydrogen-bond donors (Lipinski definition) is 2. The number of halogens is 4. The Kier molecular flexibility index (Phi) is 6.88. The van der Waals surface area contributed by atoms with E-state index in [-0.39, 0.29) is 35.0 Å². The number of amides is 1. The van der Waals surface area contributed by atoms with Gasteiger partial charge in [0, 0.05) is 12.8 Å². The van der Waals surface area contributed by atoms with Crippen LogP contribution >= 0.6 is 11.6 Å². The van der Waals surface area contributed by atoms with Gasteiger partial charge in [0.05, 0.1) is 41.9 Å². The minimum absolute atomic E-state index is 0.133. The van der Waals surface area contributed by atoms with Crippen molar-refractivity contribution in [2.45, 2.75) is 25.9 Å². The number of hydrogen-bond acceptors (Lipinski definition) is 3. The van der Waals surface area contributed by atoms with Crippen molar-refractivity contribution in [3.05, 3.63) is 28.8 Å². The smallest absolute Gasteiger partial charge is 0.416 e. The molecule has 0 aromatic heterocycles. The van der Waals surface area contributed by atoms with Gasteiger partial charge >= 0.3 is 12.1 Å². The number of alkyl halides is 3. The minimum atomic E-state index is -4.49. The lowest BCUT2D eigenvalue weighted by molar-refractivity contribution is -0.897. The molecule has 144 valence electrons. The van der Waals surface area contributed by atoms with Crippen LogP contribution < -0.4 is 10.2 Å². The summed E-state index contributed by atoms with van der Waals surface area (Å²) >= 11 is 5.83. The molecule has 0 spiro atoms. The Hall–Kier alpha value is -1.80. The maximum Gasteiger partial charge on any atom is 0.416 e. The second-order valence-corrected chi connectivity index (χ2v) is 6.60. The lowest BCUT2D eigenvalue weighted by Crippen LogP contribution is -3.14. The molecule has 1 heterocycles. The van der Waals surface area contributed by atoms with E-state index in [0.29, 0.717) is 32.5 Å². The molecule has 0 unspecified atom stereocenters. The lowest BCUT2D eigenvalue weighted by Gasteiger charge is -2.27. The third-order valence-electron chi connectivity index (χ3n) is 4.29. The highest BCUT2D eigenvalue weighted by Gasteiger charge is 2.31. The van der Waals surface area contributed by atoms with E-state index in [0.717, 1.165) is 23.1 Å². The molecule has 2 N–H and O–H groups in total. The van der Waals surface area contributed by atoms with Crippen molar-refractivity contribution in [1.29, 1.82) is 0 Å². The van der Waals surface area contributed by atoms with Crippen molar-refractivity contribution in [2.75, 3.05) is 31.6 Å². The molecule has 0 radical (unpaired) electrons. The van der Waals surface area contributed by atoms with Gasteiger partial charge in [0.25, 0.3) is 5.91 Å². The van der Waals surface area contributed by atoms with Crippen molar-refractivity contribution in [1.82, 2.24) is 0 Å². The Morgan fingerprint density at radius 1 is 1.31 bits per heavy atom. The van der Waals surface area contributed by atoms with Crippen LogP contribution in [0.25, 0.3) is 0 Å². The molecule has 0 atom stereocenters. The number of piperidine rings is 1. The highest BCUT2D eigenvalue weighted by atomic mass is 35.5. The number of quaternary nitrogens is 1. The van der Waals surface area contributed by atoms with Gasteiger partial charge in [-0.1, -0.05) is 11.6 Å². The zero-order chi connectivity index (χ0) is 19.3. The zero-order valence-corrected chi connectivity index (χ0v) is 15.0. The van der Waals surface area contributed by atoms with Gasteiger partial charge in [-0.2, -0.15) is 13.2 Å². The molecule has 2 rings (SSSR count). The van der Waals surface area contributed by atoms with Crippen LogP contribution in [0, 0.1) is 5.92 Å². The van der Waals surface area contributed by atoms with Crippen LogP contribution in [-0.2, 0) is 20.5 Å². The van der Waals surface area contributed by atoms with Crippen LogP contribution in [0.4, 0.5) is 18.9 Å². The Balaban J connectivity index is 1.85. The largest absolute Gasteiger partial charge is 0.466 e. The molecule has 1 aliphatic heterocycles. The fourth-order valence-electron chi connectivity index (χ4n) is 2.91. The molecule has 1 amide bonds. The number of carbonyl (C=O) groups excluding carboxylic acids is 2. The van der Waals surface area contributed by atoms with E-state index in [4.69, 9.17) is 16.3 Å². The van der Waals surface area contributed by atoms with Crippen LogP contribution in [0.1, 0.15) is 25.3 Å². The predicted molar refractivity (Wildman–Crippen MR) is 90.0 cm³/mol. The summed E-state index contributed by atoms with van der Waals surface area (Å²) in [5.74, 6) is -0.671. The number of carbonyl (C=O) groups is 2. The first-order valence-corrected chi connectivity index (χ1v) is 8.75. The summed E-state index contributed by atoms with van der Waals surface area (Å²) in [6.45, 7) is 3.57. The molecule has 0 aliphatic carbocycles. The first-order valence-electron chi connectivity index (χ1n) is 8.37. The number of rotatable bonds is 5. The van der Waals surface area contributed by atoms with Gasteiger partial charge in [-0.3, -0.25) is 9.59 Å². The van der Waals surface area contributed by atoms with Gasteiger partial charge in [-0.25, -0.2) is 0 Å². The van der Waals surface area contributed by atoms with E-state index in [1.807, 2.05) is 0 Å². The Bertz CT molecular complexity index is 659. The number of esters is 1. The lowest BCUT2D eigenvalue weighted by atomic mass is 9.97. The maximum absolute atomic E-state index is 12.6. The second kappa shape index (κ2) is 8.73. The normalized spacial score (nSPS) is 20.5. The summed E-state index contributed by atoms with van der Waals surface area (Å²) < 4.78 is 42.9. The fraction of sp³-hybridized carbons (Fsp3) is 0.529. The summed E-state index contributed by atoms with van der Waals surface area (Å²) in [6.07, 6.45) is -3.20. The molecule has 26 heavy (non-hydrogen) atoms. The van der Waals surface area contributed by atoms with Crippen LogP contribution in [0.15, 0.2) is 18.2 Å². The molecular formula is C17H21ClF3N2O3+. The average Bonchev–Trinajstić information content (AvgIpc) is 2.56. The van der Waals surface area contributed by atoms with E-state index < -0.39 is 11.7 Å². The first-order chi connectivity index (χ1) is 12.2. The van der Waals surface area contributed by atoms with Crippen LogP contribution in [0.2, 0.25) is 5.02 Å². The minimum Gasteiger partial charge on any atom is -0.466 e. The van der Waals surface area contributed by atoms with E-state index in [2.05, 4.69) is 5.32 Å². The number of benzene rings is 1. The number of ether oxygens (including phenoxy) is 1. The number of nitrogens with one attached hydrogen (secondary N) is 2. The van der Waals surface area contributed by atoms with Gasteiger partial charge in [0.1, 0.15) is 0 Å². The molecule has 1 aromatic carbocycles. The summed E-state index contributed by atoms with van der Waals surface area (Å²) in [7, 11) is 0. The molecule has 0 bridgehead atoms. The molecule has 0 saturated carbocycles. The Morgan fingerprint density at radius 3 is 2.50 bits per heavy atom. The van der Waals surface area contributed by atoms with Gasteiger partial charge in [0.15, 0.2) is 6.54 Å². The number of anilines is 1. The summed E-state index contributed by atoms with van der Waals surface area (Å²) in [6, 6.07) is 2.80. The quantitative estimate of drug-likeness (QED) is 0.754. The summed E-state index contributed by atoms with van der Waals surface area (Å²) in [4.78, 5) is 24.8. The highest BCUT2D eigenvalue weighted by molar-refractivity contribution is 6.33. The third-order valence-corrected chi connectivity index (χ3v) is 4.61. The van der Waals surface area contributed by atoms with Gasteiger partial charge < -0.3 is 15.0 Å². The SMILES string of the molecule is CCOC(=O)C1CC[NH+](CC(=O)Nc2ccc(C(F)(F)F)cc2Cl)CC1. The summed E-state index contributed by atoms with van der Waals surface area (Å²) in [5.41, 5.74) is -0.724. The maximum atomic E-state index is 12.6. The van der Waals surface area contributed by atoms with Gasteiger partial charge in [-0.15, -0.1) is 0 Å². The van der Waals surface area contributed by atoms with E-state index in [9.17, 15) is 22.8 Å². The Morgan fingerprint density at radius 2 is 1.96 bits per heavy atom. The van der Waals surface area contributed by atoms with E-state index in [1.54, 1.807) is 6.92 Å². The molecule has 1 saturated heterocycles. The van der Waals surface area contributed by atoms with Gasteiger partial charge in [-0.05, 0) is 25.1 Å². The topological polar surface area (TPSA) is 59.8 Å². The van der Waals surface area contributed by atoms with Crippen molar-refractivity contribution in [3.63, 3.8) is 0 Å². The standard InChI is InChI=1S/C17H20ClF3N2O3/c1-2-26-16(25)11-5-7-23(8-6-11)10-15(24)22-14-4-3-12(9-13(14)18)17(19,20)21/h3-4,9,11H,2,5-8,10H2,1H3,(H,22,24)/p+1. The van der Waals surface area contributed by atoms with Crippen LogP contribution in [0.5, 0.6) is 0 Å². The zero-order valence-electron chi connectivity index (χ0n) is 14.3. The van der Waals surface area contributed by atoms with Crippen molar-refractivity contribution in [2.24, 2.45) is 5.92 Å². The highest BCUT2D eigenvalue weighted by Crippen LogP contribution is 2.33. The van der Waals surface area contributed by atoms with Crippen molar-refractivity contribution >= 4 is 29.2 Å². The average molecular weight is 394 g/mol. The monoisotopic (exact) mass is 393 g/mol. The number of likely N-dealkylation sites (tertiary alicyclic amines) is 1. The van der Waals surface area contributed by atoms with Crippen molar-refractivity contribution in [3.8, 4) is 0 Å². The van der Waals surface area contributed by atoms with Gasteiger partial charge in [0.2, 0.25) is 0 Å².